The molecular formula is C14H21N3O2. The average molecular weight is 263 g/mol. The summed E-state index contributed by atoms with van der Waals surface area (Å²) in [5.41, 5.74) is 7.80. The van der Waals surface area contributed by atoms with Crippen LogP contribution in [-0.2, 0) is 11.3 Å². The van der Waals surface area contributed by atoms with Gasteiger partial charge in [0.05, 0.1) is 24.8 Å². The van der Waals surface area contributed by atoms with Crippen LogP contribution in [0.3, 0.4) is 0 Å². The molecule has 0 aliphatic rings. The van der Waals surface area contributed by atoms with Crippen LogP contribution in [0.2, 0.25) is 0 Å². The van der Waals surface area contributed by atoms with Crippen molar-refractivity contribution in [3.05, 3.63) is 18.2 Å². The third-order valence-electron chi connectivity index (χ3n) is 3.09. The van der Waals surface area contributed by atoms with Gasteiger partial charge in [0, 0.05) is 19.2 Å². The molecule has 104 valence electrons. The van der Waals surface area contributed by atoms with Gasteiger partial charge in [0.15, 0.2) is 0 Å². The van der Waals surface area contributed by atoms with Gasteiger partial charge in [-0.1, -0.05) is 13.3 Å². The van der Waals surface area contributed by atoms with E-state index in [1.807, 2.05) is 22.8 Å². The van der Waals surface area contributed by atoms with E-state index in [9.17, 15) is 0 Å². The molecule has 19 heavy (non-hydrogen) atoms. The van der Waals surface area contributed by atoms with Crippen molar-refractivity contribution in [2.75, 3.05) is 26.1 Å². The molecule has 1 heterocycles. The van der Waals surface area contributed by atoms with Crippen LogP contribution in [-0.4, -0.2) is 29.9 Å². The first-order chi connectivity index (χ1) is 9.26. The lowest BCUT2D eigenvalue weighted by Gasteiger charge is -2.08. The SMILES string of the molecule is CCCCOCCn1c(N)nc2ccc(OC)cc21. The summed E-state index contributed by atoms with van der Waals surface area (Å²) >= 11 is 0. The highest BCUT2D eigenvalue weighted by Crippen LogP contribution is 2.22. The van der Waals surface area contributed by atoms with Gasteiger partial charge in [-0.2, -0.15) is 0 Å². The van der Waals surface area contributed by atoms with E-state index in [-0.39, 0.29) is 0 Å². The number of nitrogens with zero attached hydrogens (tertiary/aromatic N) is 2. The minimum Gasteiger partial charge on any atom is -0.497 e. The Hall–Kier alpha value is -1.75. The monoisotopic (exact) mass is 263 g/mol. The Kier molecular flexibility index (Phi) is 4.63. The van der Waals surface area contributed by atoms with E-state index in [0.717, 1.165) is 36.2 Å². The maximum atomic E-state index is 5.94. The molecule has 0 saturated heterocycles. The Morgan fingerprint density at radius 3 is 2.89 bits per heavy atom. The summed E-state index contributed by atoms with van der Waals surface area (Å²) in [6.45, 7) is 4.30. The molecule has 0 bridgehead atoms. The van der Waals surface area contributed by atoms with Crippen molar-refractivity contribution in [2.24, 2.45) is 0 Å². The Morgan fingerprint density at radius 2 is 2.16 bits per heavy atom. The van der Waals surface area contributed by atoms with Gasteiger partial charge in [-0.3, -0.25) is 0 Å². The zero-order chi connectivity index (χ0) is 13.7. The molecule has 0 fully saturated rings. The summed E-state index contributed by atoms with van der Waals surface area (Å²) in [7, 11) is 1.65. The average Bonchev–Trinajstić information content (AvgIpc) is 2.74. The van der Waals surface area contributed by atoms with E-state index in [4.69, 9.17) is 15.2 Å². The first-order valence-corrected chi connectivity index (χ1v) is 6.63. The van der Waals surface area contributed by atoms with E-state index in [2.05, 4.69) is 11.9 Å². The number of unbranched alkanes of at least 4 members (excludes halogenated alkanes) is 1. The number of ether oxygens (including phenoxy) is 2. The molecule has 2 rings (SSSR count). The largest absolute Gasteiger partial charge is 0.497 e. The van der Waals surface area contributed by atoms with Crippen molar-refractivity contribution < 1.29 is 9.47 Å². The fourth-order valence-electron chi connectivity index (χ4n) is 1.99. The van der Waals surface area contributed by atoms with Crippen LogP contribution in [0.5, 0.6) is 5.75 Å². The predicted octanol–water partition coefficient (Wildman–Crippen LogP) is 2.44. The third kappa shape index (κ3) is 3.17. The summed E-state index contributed by atoms with van der Waals surface area (Å²) in [5.74, 6) is 1.32. The van der Waals surface area contributed by atoms with E-state index in [0.29, 0.717) is 19.1 Å². The Morgan fingerprint density at radius 1 is 1.32 bits per heavy atom. The van der Waals surface area contributed by atoms with Crippen molar-refractivity contribution in [2.45, 2.75) is 26.3 Å². The number of methoxy groups -OCH3 is 1. The summed E-state index contributed by atoms with van der Waals surface area (Å²) in [6.07, 6.45) is 2.24. The minimum absolute atomic E-state index is 0.516. The molecule has 0 saturated carbocycles. The lowest BCUT2D eigenvalue weighted by molar-refractivity contribution is 0.124. The van der Waals surface area contributed by atoms with Crippen molar-refractivity contribution in [1.82, 2.24) is 9.55 Å². The second kappa shape index (κ2) is 6.43. The lowest BCUT2D eigenvalue weighted by Crippen LogP contribution is -2.09. The number of anilines is 1. The van der Waals surface area contributed by atoms with Crippen molar-refractivity contribution in [3.8, 4) is 5.75 Å². The Bertz CT molecular complexity index is 537. The van der Waals surface area contributed by atoms with Gasteiger partial charge in [0.1, 0.15) is 5.75 Å². The van der Waals surface area contributed by atoms with Crippen molar-refractivity contribution in [3.63, 3.8) is 0 Å². The molecular weight excluding hydrogens is 242 g/mol. The van der Waals surface area contributed by atoms with Crippen LogP contribution >= 0.6 is 0 Å². The molecule has 1 aromatic carbocycles. The zero-order valence-corrected chi connectivity index (χ0v) is 11.6. The Balaban J connectivity index is 2.10. The zero-order valence-electron chi connectivity index (χ0n) is 11.6. The number of aromatic nitrogens is 2. The van der Waals surface area contributed by atoms with Gasteiger partial charge in [-0.05, 0) is 18.6 Å². The second-order valence-electron chi connectivity index (χ2n) is 4.44. The van der Waals surface area contributed by atoms with Gasteiger partial charge in [0.25, 0.3) is 0 Å². The van der Waals surface area contributed by atoms with E-state index < -0.39 is 0 Å². The van der Waals surface area contributed by atoms with Crippen LogP contribution in [0.1, 0.15) is 19.8 Å². The highest BCUT2D eigenvalue weighted by atomic mass is 16.5. The van der Waals surface area contributed by atoms with E-state index >= 15 is 0 Å². The molecule has 0 aliphatic heterocycles. The maximum Gasteiger partial charge on any atom is 0.201 e. The summed E-state index contributed by atoms with van der Waals surface area (Å²) in [6, 6.07) is 5.75. The number of nitrogen functional groups attached to an aromatic ring is 1. The molecule has 5 nitrogen and oxygen atoms in total. The first kappa shape index (κ1) is 13.7. The highest BCUT2D eigenvalue weighted by molar-refractivity contribution is 5.79. The number of imidazole rings is 1. The van der Waals surface area contributed by atoms with Gasteiger partial charge in [-0.15, -0.1) is 0 Å². The smallest absolute Gasteiger partial charge is 0.201 e. The van der Waals surface area contributed by atoms with Crippen LogP contribution in [0.15, 0.2) is 18.2 Å². The quantitative estimate of drug-likeness (QED) is 0.779. The molecule has 0 unspecified atom stereocenters. The molecule has 0 radical (unpaired) electrons. The molecule has 2 aromatic rings. The predicted molar refractivity (Wildman–Crippen MR) is 76.4 cm³/mol. The molecule has 0 aliphatic carbocycles. The molecule has 1 aromatic heterocycles. The van der Waals surface area contributed by atoms with Crippen molar-refractivity contribution in [1.29, 1.82) is 0 Å². The van der Waals surface area contributed by atoms with Gasteiger partial charge >= 0.3 is 0 Å². The maximum absolute atomic E-state index is 5.94. The lowest BCUT2D eigenvalue weighted by atomic mass is 10.3. The molecule has 2 N–H and O–H groups in total. The van der Waals surface area contributed by atoms with E-state index in [1.165, 1.54) is 0 Å². The Labute approximate surface area is 113 Å². The number of fused-ring (bicyclic) bond motifs is 1. The number of rotatable bonds is 7. The van der Waals surface area contributed by atoms with Crippen LogP contribution in [0.25, 0.3) is 11.0 Å². The van der Waals surface area contributed by atoms with Crippen LogP contribution in [0.4, 0.5) is 5.95 Å². The fourth-order valence-corrected chi connectivity index (χ4v) is 1.99. The molecule has 0 atom stereocenters. The number of hydrogen-bond acceptors (Lipinski definition) is 4. The van der Waals surface area contributed by atoms with Crippen LogP contribution in [0, 0.1) is 0 Å². The highest BCUT2D eigenvalue weighted by Gasteiger charge is 2.08. The van der Waals surface area contributed by atoms with Crippen molar-refractivity contribution >= 4 is 17.0 Å². The number of benzene rings is 1. The standard InChI is InChI=1S/C14H21N3O2/c1-3-4-8-19-9-7-17-13-10-11(18-2)5-6-12(13)16-14(17)15/h5-6,10H,3-4,7-9H2,1-2H3,(H2,15,16). The summed E-state index contributed by atoms with van der Waals surface area (Å²) < 4.78 is 12.8. The summed E-state index contributed by atoms with van der Waals surface area (Å²) in [4.78, 5) is 4.33. The van der Waals surface area contributed by atoms with E-state index in [1.54, 1.807) is 7.11 Å². The number of nitrogens with two attached hydrogens (primary N) is 1. The van der Waals surface area contributed by atoms with Gasteiger partial charge in [0.2, 0.25) is 5.95 Å². The second-order valence-corrected chi connectivity index (χ2v) is 4.44. The topological polar surface area (TPSA) is 62.3 Å². The van der Waals surface area contributed by atoms with Gasteiger partial charge in [-0.25, -0.2) is 4.98 Å². The first-order valence-electron chi connectivity index (χ1n) is 6.63. The molecule has 5 heteroatoms. The molecule has 0 amide bonds. The van der Waals surface area contributed by atoms with Gasteiger partial charge < -0.3 is 19.8 Å². The minimum atomic E-state index is 0.516. The number of hydrogen-bond donors (Lipinski definition) is 1. The third-order valence-corrected chi connectivity index (χ3v) is 3.09. The normalized spacial score (nSPS) is 11.1. The molecule has 0 spiro atoms. The fraction of sp³-hybridized carbons (Fsp3) is 0.500. The summed E-state index contributed by atoms with van der Waals surface area (Å²) in [5, 5.41) is 0. The van der Waals surface area contributed by atoms with Crippen LogP contribution < -0.4 is 10.5 Å².